The third-order valence-electron chi connectivity index (χ3n) is 9.37. The monoisotopic (exact) mass is 651 g/mol. The fraction of sp³-hybridized carbons (Fsp3) is 0.947. The van der Waals surface area contributed by atoms with Gasteiger partial charge in [-0.2, -0.15) is 0 Å². The number of nitrogens with one attached hydrogen (secondary N) is 2. The van der Waals surface area contributed by atoms with Crippen molar-refractivity contribution >= 4 is 11.9 Å². The third kappa shape index (κ3) is 16.3. The lowest BCUT2D eigenvalue weighted by Crippen LogP contribution is -2.62. The van der Waals surface area contributed by atoms with Gasteiger partial charge in [0.25, 0.3) is 0 Å². The van der Waals surface area contributed by atoms with Gasteiger partial charge < -0.3 is 20.1 Å². The molecule has 0 unspecified atom stereocenters. The summed E-state index contributed by atoms with van der Waals surface area (Å²) >= 11 is 0. The molecule has 2 saturated heterocycles. The van der Waals surface area contributed by atoms with Crippen LogP contribution in [0.3, 0.4) is 0 Å². The molecular weight excluding hydrogens is 576 g/mol. The molecule has 2 aliphatic rings. The fourth-order valence-corrected chi connectivity index (χ4v) is 8.12. The van der Waals surface area contributed by atoms with Crippen LogP contribution in [0, 0.1) is 11.8 Å². The Morgan fingerprint density at radius 1 is 0.565 bits per heavy atom. The average molecular weight is 651 g/mol. The molecule has 0 radical (unpaired) electrons. The highest BCUT2D eigenvalue weighted by Crippen LogP contribution is 2.33. The maximum Gasteiger partial charge on any atom is 0.307 e. The molecule has 0 aromatic heterocycles. The van der Waals surface area contributed by atoms with Crippen molar-refractivity contribution in [1.82, 2.24) is 20.4 Å². The van der Waals surface area contributed by atoms with Crippen LogP contribution in [0.2, 0.25) is 0 Å². The standard InChI is InChI=1S/C38H74N4O4/c1-29(2)27-45-33(43)17-21-41(31-23-35(5,6)39-36(7,8)24-31)19-15-13-14-16-20-42(22-18-34(44)46-28-30(3)4)32-25-37(9,10)40-38(11,12)26-32/h29-32,39-40H,13-28H2,1-12H3. The van der Waals surface area contributed by atoms with Gasteiger partial charge in [-0.1, -0.05) is 40.5 Å². The fourth-order valence-electron chi connectivity index (χ4n) is 8.12. The molecule has 270 valence electrons. The van der Waals surface area contributed by atoms with Crippen LogP contribution < -0.4 is 10.6 Å². The van der Waals surface area contributed by atoms with E-state index in [-0.39, 0.29) is 34.1 Å². The van der Waals surface area contributed by atoms with Crippen LogP contribution in [0.25, 0.3) is 0 Å². The number of hydrogen-bond acceptors (Lipinski definition) is 8. The molecule has 2 fully saturated rings. The van der Waals surface area contributed by atoms with Gasteiger partial charge in [-0.25, -0.2) is 0 Å². The van der Waals surface area contributed by atoms with E-state index < -0.39 is 0 Å². The maximum absolute atomic E-state index is 12.5. The van der Waals surface area contributed by atoms with Gasteiger partial charge in [0.1, 0.15) is 0 Å². The van der Waals surface area contributed by atoms with Crippen molar-refractivity contribution in [2.75, 3.05) is 39.4 Å². The second kappa shape index (κ2) is 18.0. The van der Waals surface area contributed by atoms with Gasteiger partial charge in [0.15, 0.2) is 0 Å². The minimum Gasteiger partial charge on any atom is -0.465 e. The van der Waals surface area contributed by atoms with Gasteiger partial charge in [-0.15, -0.1) is 0 Å². The van der Waals surface area contributed by atoms with Crippen LogP contribution in [0.1, 0.15) is 147 Å². The van der Waals surface area contributed by atoms with Gasteiger partial charge >= 0.3 is 11.9 Å². The Kier molecular flexibility index (Phi) is 16.0. The summed E-state index contributed by atoms with van der Waals surface area (Å²) in [5, 5.41) is 7.64. The van der Waals surface area contributed by atoms with E-state index in [1.807, 2.05) is 0 Å². The normalized spacial score (nSPS) is 21.3. The molecule has 8 heteroatoms. The smallest absolute Gasteiger partial charge is 0.307 e. The highest BCUT2D eigenvalue weighted by molar-refractivity contribution is 5.69. The highest BCUT2D eigenvalue weighted by atomic mass is 16.5. The molecule has 8 nitrogen and oxygen atoms in total. The molecule has 0 saturated carbocycles. The van der Waals surface area contributed by atoms with E-state index in [0.717, 1.165) is 64.7 Å². The van der Waals surface area contributed by atoms with E-state index in [1.54, 1.807) is 0 Å². The van der Waals surface area contributed by atoms with E-state index in [0.29, 0.717) is 50.0 Å². The van der Waals surface area contributed by atoms with Crippen LogP contribution >= 0.6 is 0 Å². The second-order valence-corrected chi connectivity index (χ2v) is 18.0. The Morgan fingerprint density at radius 3 is 1.15 bits per heavy atom. The Bertz CT molecular complexity index is 824. The third-order valence-corrected chi connectivity index (χ3v) is 9.37. The number of rotatable bonds is 19. The molecule has 2 aliphatic heterocycles. The van der Waals surface area contributed by atoms with E-state index in [2.05, 4.69) is 104 Å². The van der Waals surface area contributed by atoms with Crippen molar-refractivity contribution in [2.24, 2.45) is 11.8 Å². The summed E-state index contributed by atoms with van der Waals surface area (Å²) in [6.07, 6.45) is 9.80. The summed E-state index contributed by atoms with van der Waals surface area (Å²) in [4.78, 5) is 30.2. The summed E-state index contributed by atoms with van der Waals surface area (Å²) in [5.74, 6) is 0.550. The molecule has 0 atom stereocenters. The predicted molar refractivity (Wildman–Crippen MR) is 191 cm³/mol. The van der Waals surface area contributed by atoms with Crippen molar-refractivity contribution in [3.05, 3.63) is 0 Å². The van der Waals surface area contributed by atoms with Crippen LogP contribution in [-0.2, 0) is 19.1 Å². The summed E-state index contributed by atoms with van der Waals surface area (Å²) in [6.45, 7) is 31.3. The Labute approximate surface area is 283 Å². The van der Waals surface area contributed by atoms with Gasteiger partial charge in [0.2, 0.25) is 0 Å². The van der Waals surface area contributed by atoms with Crippen LogP contribution in [0.15, 0.2) is 0 Å². The molecule has 2 heterocycles. The zero-order valence-electron chi connectivity index (χ0n) is 32.2. The summed E-state index contributed by atoms with van der Waals surface area (Å²) in [6, 6.07) is 0.892. The highest BCUT2D eigenvalue weighted by Gasteiger charge is 2.41. The van der Waals surface area contributed by atoms with E-state index in [1.165, 1.54) is 12.8 Å². The minimum atomic E-state index is -0.0800. The van der Waals surface area contributed by atoms with Gasteiger partial charge in [0, 0.05) is 47.3 Å². The zero-order chi connectivity index (χ0) is 34.8. The number of carbonyl (C=O) groups excluding carboxylic acids is 2. The Balaban J connectivity index is 1.96. The van der Waals surface area contributed by atoms with Crippen LogP contribution in [-0.4, -0.2) is 95.4 Å². The van der Waals surface area contributed by atoms with Gasteiger partial charge in [-0.05, 0) is 119 Å². The lowest BCUT2D eigenvalue weighted by molar-refractivity contribution is -0.146. The van der Waals surface area contributed by atoms with Crippen molar-refractivity contribution < 1.29 is 19.1 Å². The molecule has 0 aromatic carbocycles. The predicted octanol–water partition coefficient (Wildman–Crippen LogP) is 6.95. The van der Waals surface area contributed by atoms with Crippen LogP contribution in [0.5, 0.6) is 0 Å². The second-order valence-electron chi connectivity index (χ2n) is 18.0. The number of hydrogen-bond donors (Lipinski definition) is 2. The number of nitrogens with zero attached hydrogens (tertiary/aromatic N) is 2. The molecular formula is C38H74N4O4. The van der Waals surface area contributed by atoms with Crippen LogP contribution in [0.4, 0.5) is 0 Å². The lowest BCUT2D eigenvalue weighted by Gasteiger charge is -2.50. The first kappa shape index (κ1) is 41.0. The molecule has 0 spiro atoms. The number of carbonyl (C=O) groups is 2. The van der Waals surface area contributed by atoms with Gasteiger partial charge in [0.05, 0.1) is 26.1 Å². The van der Waals surface area contributed by atoms with Gasteiger partial charge in [-0.3, -0.25) is 19.4 Å². The Morgan fingerprint density at radius 2 is 0.870 bits per heavy atom. The molecule has 0 aliphatic carbocycles. The lowest BCUT2D eigenvalue weighted by atomic mass is 9.79. The first-order valence-corrected chi connectivity index (χ1v) is 18.6. The largest absolute Gasteiger partial charge is 0.465 e. The van der Waals surface area contributed by atoms with Crippen molar-refractivity contribution in [3.8, 4) is 0 Å². The molecule has 2 rings (SSSR count). The summed E-state index contributed by atoms with van der Waals surface area (Å²) in [7, 11) is 0. The van der Waals surface area contributed by atoms with E-state index in [9.17, 15) is 9.59 Å². The van der Waals surface area contributed by atoms with Crippen molar-refractivity contribution in [1.29, 1.82) is 0 Å². The zero-order valence-corrected chi connectivity index (χ0v) is 32.2. The SMILES string of the molecule is CC(C)COC(=O)CCN(CCCCCCN(CCC(=O)OCC(C)C)C1CC(C)(C)NC(C)(C)C1)C1CC(C)(C)NC(C)(C)C1. The summed E-state index contributed by atoms with van der Waals surface area (Å²) < 4.78 is 11.0. The number of ether oxygens (including phenoxy) is 2. The number of unbranched alkanes of at least 4 members (excludes halogenated alkanes) is 3. The maximum atomic E-state index is 12.5. The quantitative estimate of drug-likeness (QED) is 0.115. The molecule has 0 amide bonds. The van der Waals surface area contributed by atoms with Crippen molar-refractivity contribution in [2.45, 2.75) is 182 Å². The van der Waals surface area contributed by atoms with E-state index >= 15 is 0 Å². The molecule has 0 bridgehead atoms. The summed E-state index contributed by atoms with van der Waals surface area (Å²) in [5.41, 5.74) is 0.243. The Hall–Kier alpha value is -1.22. The number of esters is 2. The molecule has 0 aromatic rings. The van der Waals surface area contributed by atoms with E-state index in [4.69, 9.17) is 9.47 Å². The topological polar surface area (TPSA) is 83.1 Å². The number of piperidine rings is 2. The first-order chi connectivity index (χ1) is 21.2. The van der Waals surface area contributed by atoms with Crippen molar-refractivity contribution in [3.63, 3.8) is 0 Å². The average Bonchev–Trinajstić information content (AvgIpc) is 2.87. The first-order valence-electron chi connectivity index (χ1n) is 18.6. The molecule has 46 heavy (non-hydrogen) atoms. The molecule has 2 N–H and O–H groups in total. The minimum absolute atomic E-state index is 0.0608.